The molecule has 0 spiro atoms. The van der Waals surface area contributed by atoms with E-state index in [0.717, 1.165) is 0 Å². The number of hydrogen-bond acceptors (Lipinski definition) is 0. The average Bonchev–Trinajstić information content (AvgIpc) is 2.88. The molecule has 0 aliphatic rings. The van der Waals surface area contributed by atoms with Gasteiger partial charge in [-0.15, -0.1) is 0 Å². The molecule has 0 N–H and O–H groups in total. The van der Waals surface area contributed by atoms with Crippen LogP contribution < -0.4 is 0 Å². The fraction of sp³-hybridized carbons (Fsp3) is 0.889. The average molecular weight is 864 g/mol. The molecule has 0 aromatic heterocycles. The van der Waals surface area contributed by atoms with Crippen molar-refractivity contribution in [2.24, 2.45) is 0 Å². The van der Waals surface area contributed by atoms with E-state index in [9.17, 15) is 149 Å². The quantitative estimate of drug-likeness (QED) is 0.153. The molecular weight excluding hydrogens is 862 g/mol. The van der Waals surface area contributed by atoms with Gasteiger partial charge in [-0.05, 0) is 0 Å². The van der Waals surface area contributed by atoms with Gasteiger partial charge in [0.2, 0.25) is 11.7 Å². The zero-order valence-electron chi connectivity index (χ0n) is 22.1. The molecule has 0 radical (unpaired) electrons. The third-order valence-electron chi connectivity index (χ3n) is 5.97. The highest BCUT2D eigenvalue weighted by atomic mass is 19.4. The van der Waals surface area contributed by atoms with Gasteiger partial charge in [0.25, 0.3) is 0 Å². The molecule has 0 aliphatic carbocycles. The van der Waals surface area contributed by atoms with Crippen LogP contribution in [0.25, 0.3) is 0 Å². The van der Waals surface area contributed by atoms with E-state index < -0.39 is 107 Å². The van der Waals surface area contributed by atoms with E-state index in [1.807, 2.05) is 0 Å². The second kappa shape index (κ2) is 12.2. The standard InChI is InChI=1S/C18H2F34/c19-2(6(25,26)8(29,30)4(21,22)1-5(23,24)9(31,32)15(43,44)17(47,48)49)3(20)7(27,28)10(33,34)11(35,36)12(37,38)13(39,40)14(41,42)16(45,46)18(50,51)52/h1H2. The molecule has 0 saturated heterocycles. The largest absolute Gasteiger partial charge is 0.460 e. The molecule has 52 heavy (non-hydrogen) atoms. The lowest BCUT2D eigenvalue weighted by Crippen LogP contribution is -2.74. The number of halogens is 34. The van der Waals surface area contributed by atoms with Gasteiger partial charge in [0.1, 0.15) is 0 Å². The monoisotopic (exact) mass is 864 g/mol. The summed E-state index contributed by atoms with van der Waals surface area (Å²) in [4.78, 5) is 0. The van der Waals surface area contributed by atoms with E-state index >= 15 is 0 Å². The molecule has 0 aliphatic heterocycles. The Bertz CT molecular complexity index is 1330. The molecule has 34 heteroatoms. The van der Waals surface area contributed by atoms with Crippen LogP contribution in [-0.2, 0) is 0 Å². The summed E-state index contributed by atoms with van der Waals surface area (Å²) >= 11 is 0. The Morgan fingerprint density at radius 2 is 0.423 bits per heavy atom. The third-order valence-corrected chi connectivity index (χ3v) is 5.97. The number of hydrogen-bond donors (Lipinski definition) is 0. The van der Waals surface area contributed by atoms with Crippen LogP contribution in [0.2, 0.25) is 0 Å². The molecule has 0 unspecified atom stereocenters. The number of rotatable bonds is 14. The molecule has 0 rings (SSSR count). The number of allylic oxidation sites excluding steroid dienone is 2. The minimum Gasteiger partial charge on any atom is -0.202 e. The normalized spacial score (nSPS) is 17.4. The summed E-state index contributed by atoms with van der Waals surface area (Å²) in [5.74, 6) is -130. The first-order chi connectivity index (χ1) is 21.8. The van der Waals surface area contributed by atoms with Crippen molar-refractivity contribution in [2.75, 3.05) is 0 Å². The Labute approximate surface area is 258 Å². The van der Waals surface area contributed by atoms with Crippen LogP contribution in [0.1, 0.15) is 6.42 Å². The van der Waals surface area contributed by atoms with Crippen LogP contribution in [0.4, 0.5) is 149 Å². The summed E-state index contributed by atoms with van der Waals surface area (Å²) < 4.78 is 447. The van der Waals surface area contributed by atoms with E-state index in [1.165, 1.54) is 0 Å². The Morgan fingerprint density at radius 1 is 0.231 bits per heavy atom. The fourth-order valence-electron chi connectivity index (χ4n) is 2.85. The predicted molar refractivity (Wildman–Crippen MR) is 90.3 cm³/mol. The maximum absolute atomic E-state index is 13.7. The summed E-state index contributed by atoms with van der Waals surface area (Å²) in [6.45, 7) is 0. The van der Waals surface area contributed by atoms with Gasteiger partial charge in [0.05, 0.1) is 6.42 Å². The summed E-state index contributed by atoms with van der Waals surface area (Å²) in [5.41, 5.74) is 0. The van der Waals surface area contributed by atoms with Crippen molar-refractivity contribution in [1.29, 1.82) is 0 Å². The van der Waals surface area contributed by atoms with Gasteiger partial charge in [-0.1, -0.05) is 0 Å². The Balaban J connectivity index is 7.43. The first-order valence-electron chi connectivity index (χ1n) is 10.9. The van der Waals surface area contributed by atoms with Gasteiger partial charge in [0, 0.05) is 0 Å². The zero-order chi connectivity index (χ0) is 43.4. The van der Waals surface area contributed by atoms with E-state index in [0.29, 0.717) is 0 Å². The first kappa shape index (κ1) is 49.4. The summed E-state index contributed by atoms with van der Waals surface area (Å²) in [6, 6.07) is 0. The molecule has 0 aromatic rings. The maximum Gasteiger partial charge on any atom is 0.460 e. The molecule has 0 atom stereocenters. The Kier molecular flexibility index (Phi) is 11.6. The highest BCUT2D eigenvalue weighted by Gasteiger charge is 2.96. The molecule has 0 fully saturated rings. The van der Waals surface area contributed by atoms with Gasteiger partial charge in [0.15, 0.2) is 0 Å². The zero-order valence-corrected chi connectivity index (χ0v) is 22.1. The second-order valence-corrected chi connectivity index (χ2v) is 9.53. The topological polar surface area (TPSA) is 0 Å². The highest BCUT2D eigenvalue weighted by molar-refractivity contribution is 5.27. The smallest absolute Gasteiger partial charge is 0.202 e. The van der Waals surface area contributed by atoms with E-state index in [4.69, 9.17) is 0 Å². The molecule has 0 heterocycles. The minimum absolute atomic E-state index is 5.60. The van der Waals surface area contributed by atoms with Gasteiger partial charge < -0.3 is 0 Å². The lowest BCUT2D eigenvalue weighted by Gasteiger charge is -2.42. The molecule has 312 valence electrons. The van der Waals surface area contributed by atoms with Crippen LogP contribution in [0.3, 0.4) is 0 Å². The van der Waals surface area contributed by atoms with Crippen molar-refractivity contribution >= 4 is 0 Å². The lowest BCUT2D eigenvalue weighted by molar-refractivity contribution is -0.460. The van der Waals surface area contributed by atoms with Crippen LogP contribution >= 0.6 is 0 Å². The summed E-state index contributed by atoms with van der Waals surface area (Å²) in [7, 11) is 0. The van der Waals surface area contributed by atoms with Crippen molar-refractivity contribution in [3.63, 3.8) is 0 Å². The summed E-state index contributed by atoms with van der Waals surface area (Å²) in [5, 5.41) is 0. The number of alkyl halides is 32. The fourth-order valence-corrected chi connectivity index (χ4v) is 2.85. The van der Waals surface area contributed by atoms with Gasteiger partial charge in [-0.25, -0.2) is 8.78 Å². The SMILES string of the molecule is FC(=C(F)C(F)(F)C(F)(F)C(F)(F)C(F)(F)C(F)(F)C(F)(F)C(F)(F)C(F)(F)F)C(F)(F)C(F)(F)C(F)(F)CC(F)(F)C(F)(F)C(F)(F)C(F)(F)F. The van der Waals surface area contributed by atoms with Crippen molar-refractivity contribution < 1.29 is 149 Å². The van der Waals surface area contributed by atoms with Gasteiger partial charge in [-0.3, -0.25) is 0 Å². The van der Waals surface area contributed by atoms with Crippen molar-refractivity contribution in [2.45, 2.75) is 95.8 Å². The molecule has 0 nitrogen and oxygen atoms in total. The van der Waals surface area contributed by atoms with Crippen molar-refractivity contribution in [3.05, 3.63) is 11.7 Å². The van der Waals surface area contributed by atoms with Crippen LogP contribution in [0.5, 0.6) is 0 Å². The van der Waals surface area contributed by atoms with Crippen molar-refractivity contribution in [1.82, 2.24) is 0 Å². The van der Waals surface area contributed by atoms with E-state index in [-0.39, 0.29) is 0 Å². The van der Waals surface area contributed by atoms with Gasteiger partial charge in [-0.2, -0.15) is 140 Å². The molecule has 0 saturated carbocycles. The molecule has 0 amide bonds. The van der Waals surface area contributed by atoms with E-state index in [2.05, 4.69) is 0 Å². The Morgan fingerprint density at radius 3 is 0.692 bits per heavy atom. The van der Waals surface area contributed by atoms with Crippen LogP contribution in [0, 0.1) is 0 Å². The highest BCUT2D eigenvalue weighted by Crippen LogP contribution is 2.66. The van der Waals surface area contributed by atoms with Crippen LogP contribution in [0.15, 0.2) is 11.7 Å². The molecule has 0 aromatic carbocycles. The van der Waals surface area contributed by atoms with Gasteiger partial charge >= 0.3 is 89.3 Å². The lowest BCUT2D eigenvalue weighted by atomic mass is 9.88. The third kappa shape index (κ3) is 6.28. The van der Waals surface area contributed by atoms with E-state index in [1.54, 1.807) is 0 Å². The second-order valence-electron chi connectivity index (χ2n) is 9.53. The summed E-state index contributed by atoms with van der Waals surface area (Å²) in [6.07, 6.45) is -21.9. The molecule has 0 bridgehead atoms. The van der Waals surface area contributed by atoms with Crippen LogP contribution in [-0.4, -0.2) is 89.3 Å². The first-order valence-corrected chi connectivity index (χ1v) is 10.9. The molecular formula is C18H2F34. The maximum atomic E-state index is 13.7. The minimum atomic E-state index is -9.69. The Hall–Kier alpha value is -2.64. The predicted octanol–water partition coefficient (Wildman–Crippen LogP) is 11.9. The van der Waals surface area contributed by atoms with Crippen molar-refractivity contribution in [3.8, 4) is 0 Å².